The van der Waals surface area contributed by atoms with Gasteiger partial charge in [0, 0.05) is 29.6 Å². The van der Waals surface area contributed by atoms with Gasteiger partial charge in [0.25, 0.3) is 0 Å². The number of fused-ring (bicyclic) bond motifs is 1. The molecule has 1 N–H and O–H groups in total. The maximum atomic E-state index is 11.6. The molecule has 6 heteroatoms. The van der Waals surface area contributed by atoms with Crippen molar-refractivity contribution in [3.8, 4) is 5.75 Å². The van der Waals surface area contributed by atoms with Crippen LogP contribution in [0.3, 0.4) is 0 Å². The Kier molecular flexibility index (Phi) is 9.00. The highest BCUT2D eigenvalue weighted by atomic mass is 35.5. The first kappa shape index (κ1) is 25.5. The zero-order chi connectivity index (χ0) is 24.6. The van der Waals surface area contributed by atoms with E-state index in [2.05, 4.69) is 28.1 Å². The summed E-state index contributed by atoms with van der Waals surface area (Å²) in [5, 5.41) is 11.5. The third-order valence-corrected chi connectivity index (χ3v) is 7.54. The summed E-state index contributed by atoms with van der Waals surface area (Å²) in [6, 6.07) is 16.2. The van der Waals surface area contributed by atoms with Gasteiger partial charge in [0.15, 0.2) is 0 Å². The summed E-state index contributed by atoms with van der Waals surface area (Å²) in [5.74, 6) is 0.823. The number of aliphatic carboxylic acids is 1. The summed E-state index contributed by atoms with van der Waals surface area (Å²) < 4.78 is 5.40. The van der Waals surface area contributed by atoms with Gasteiger partial charge in [0.2, 0.25) is 0 Å². The standard InChI is InChI=1S/C29H35ClN2O3/c1-35-26-10-11-28-27(19-26)23(12-14-31-28)8-3-7-22-13-16-32(20-24(22)18-29(33)34)15-4-6-21-5-2-9-25(30)17-21/h2,5,9-12,14,17,19,22,24H,3-4,6-8,13,15-16,18,20H2,1H3,(H,33,34)/t22-,24+/m1/s1. The molecule has 1 aromatic heterocycles. The lowest BCUT2D eigenvalue weighted by Crippen LogP contribution is -2.41. The largest absolute Gasteiger partial charge is 0.497 e. The van der Waals surface area contributed by atoms with E-state index in [0.29, 0.717) is 5.92 Å². The zero-order valence-corrected chi connectivity index (χ0v) is 21.2. The first-order valence-electron chi connectivity index (χ1n) is 12.6. The number of carboxylic acids is 1. The number of rotatable bonds is 11. The van der Waals surface area contributed by atoms with Crippen molar-refractivity contribution in [3.05, 3.63) is 70.9 Å². The normalized spacial score (nSPS) is 18.6. The smallest absolute Gasteiger partial charge is 0.303 e. The van der Waals surface area contributed by atoms with Crippen molar-refractivity contribution in [2.45, 2.75) is 44.9 Å². The Balaban J connectivity index is 1.30. The maximum absolute atomic E-state index is 11.6. The Labute approximate surface area is 213 Å². The van der Waals surface area contributed by atoms with Crippen molar-refractivity contribution in [2.75, 3.05) is 26.7 Å². The molecule has 2 atom stereocenters. The van der Waals surface area contributed by atoms with Crippen LogP contribution in [0.5, 0.6) is 5.75 Å². The molecule has 1 aliphatic heterocycles. The quantitative estimate of drug-likeness (QED) is 0.340. The van der Waals surface area contributed by atoms with Crippen LogP contribution in [0.4, 0.5) is 0 Å². The monoisotopic (exact) mass is 494 g/mol. The molecule has 0 aliphatic carbocycles. The molecule has 0 amide bonds. The summed E-state index contributed by atoms with van der Waals surface area (Å²) >= 11 is 6.10. The lowest BCUT2D eigenvalue weighted by molar-refractivity contribution is -0.139. The summed E-state index contributed by atoms with van der Waals surface area (Å²) in [4.78, 5) is 18.5. The van der Waals surface area contributed by atoms with Gasteiger partial charge >= 0.3 is 5.97 Å². The van der Waals surface area contributed by atoms with E-state index >= 15 is 0 Å². The molecule has 0 bridgehead atoms. The maximum Gasteiger partial charge on any atom is 0.303 e. The van der Waals surface area contributed by atoms with E-state index in [4.69, 9.17) is 16.3 Å². The zero-order valence-electron chi connectivity index (χ0n) is 20.5. The number of pyridine rings is 1. The van der Waals surface area contributed by atoms with Crippen LogP contribution in [0, 0.1) is 11.8 Å². The molecule has 2 heterocycles. The highest BCUT2D eigenvalue weighted by Crippen LogP contribution is 2.32. The molecule has 1 saturated heterocycles. The van der Waals surface area contributed by atoms with Gasteiger partial charge in [-0.25, -0.2) is 0 Å². The first-order chi connectivity index (χ1) is 17.0. The molecular formula is C29H35ClN2O3. The van der Waals surface area contributed by atoms with E-state index in [1.165, 1.54) is 11.1 Å². The Morgan fingerprint density at radius 2 is 2.03 bits per heavy atom. The summed E-state index contributed by atoms with van der Waals surface area (Å²) in [6.45, 7) is 2.92. The minimum absolute atomic E-state index is 0.210. The van der Waals surface area contributed by atoms with Gasteiger partial charge in [0.05, 0.1) is 12.6 Å². The number of likely N-dealkylation sites (tertiary alicyclic amines) is 1. The van der Waals surface area contributed by atoms with Gasteiger partial charge in [0.1, 0.15) is 5.75 Å². The lowest BCUT2D eigenvalue weighted by Gasteiger charge is -2.38. The molecule has 2 aromatic carbocycles. The lowest BCUT2D eigenvalue weighted by atomic mass is 9.79. The van der Waals surface area contributed by atoms with Gasteiger partial charge in [-0.05, 0) is 111 Å². The van der Waals surface area contributed by atoms with Gasteiger partial charge in [-0.15, -0.1) is 0 Å². The van der Waals surface area contributed by atoms with E-state index in [9.17, 15) is 9.90 Å². The van der Waals surface area contributed by atoms with Crippen molar-refractivity contribution in [2.24, 2.45) is 11.8 Å². The molecule has 0 saturated carbocycles. The molecule has 1 aliphatic rings. The number of methoxy groups -OCH3 is 1. The molecule has 3 aromatic rings. The minimum Gasteiger partial charge on any atom is -0.497 e. The molecule has 35 heavy (non-hydrogen) atoms. The van der Waals surface area contributed by atoms with Gasteiger partial charge in [-0.3, -0.25) is 9.78 Å². The Morgan fingerprint density at radius 1 is 1.14 bits per heavy atom. The van der Waals surface area contributed by atoms with E-state index in [1.807, 2.05) is 36.5 Å². The number of aryl methyl sites for hydroxylation is 2. The molecule has 186 valence electrons. The second kappa shape index (κ2) is 12.4. The fourth-order valence-electron chi connectivity index (χ4n) is 5.48. The molecular weight excluding hydrogens is 460 g/mol. The van der Waals surface area contributed by atoms with E-state index in [-0.39, 0.29) is 12.3 Å². The van der Waals surface area contributed by atoms with Crippen LogP contribution in [-0.4, -0.2) is 47.7 Å². The van der Waals surface area contributed by atoms with Crippen LogP contribution >= 0.6 is 11.6 Å². The third kappa shape index (κ3) is 7.18. The van der Waals surface area contributed by atoms with Crippen LogP contribution in [0.15, 0.2) is 54.7 Å². The van der Waals surface area contributed by atoms with Crippen LogP contribution < -0.4 is 4.74 Å². The topological polar surface area (TPSA) is 62.7 Å². The Bertz CT molecular complexity index is 1140. The van der Waals surface area contributed by atoms with Crippen molar-refractivity contribution in [1.82, 2.24) is 9.88 Å². The van der Waals surface area contributed by atoms with E-state index in [0.717, 1.165) is 79.8 Å². The highest BCUT2D eigenvalue weighted by Gasteiger charge is 2.30. The van der Waals surface area contributed by atoms with Gasteiger partial charge in [-0.2, -0.15) is 0 Å². The third-order valence-electron chi connectivity index (χ3n) is 7.30. The number of nitrogens with zero attached hydrogens (tertiary/aromatic N) is 2. The number of piperidine rings is 1. The molecule has 0 unspecified atom stereocenters. The number of aromatic nitrogens is 1. The number of hydrogen-bond acceptors (Lipinski definition) is 4. The summed E-state index contributed by atoms with van der Waals surface area (Å²) in [7, 11) is 1.68. The van der Waals surface area contributed by atoms with Gasteiger partial charge in [-0.1, -0.05) is 23.7 Å². The molecule has 1 fully saturated rings. The average Bonchev–Trinajstić information content (AvgIpc) is 2.85. The Morgan fingerprint density at radius 3 is 2.83 bits per heavy atom. The number of carboxylic acid groups (broad SMARTS) is 1. The van der Waals surface area contributed by atoms with Crippen molar-refractivity contribution < 1.29 is 14.6 Å². The predicted octanol–water partition coefficient (Wildman–Crippen LogP) is 6.27. The predicted molar refractivity (Wildman–Crippen MR) is 141 cm³/mol. The fourth-order valence-corrected chi connectivity index (χ4v) is 5.69. The van der Waals surface area contributed by atoms with Crippen molar-refractivity contribution >= 4 is 28.5 Å². The number of benzene rings is 2. The summed E-state index contributed by atoms with van der Waals surface area (Å²) in [6.07, 6.45) is 8.32. The summed E-state index contributed by atoms with van der Waals surface area (Å²) in [5.41, 5.74) is 3.52. The number of hydrogen-bond donors (Lipinski definition) is 1. The van der Waals surface area contributed by atoms with E-state index < -0.39 is 5.97 Å². The van der Waals surface area contributed by atoms with Crippen LogP contribution in [0.1, 0.15) is 43.2 Å². The van der Waals surface area contributed by atoms with Crippen LogP contribution in [0.2, 0.25) is 5.02 Å². The Hall–Kier alpha value is -2.63. The number of carbonyl (C=O) groups is 1. The molecule has 0 radical (unpaired) electrons. The van der Waals surface area contributed by atoms with Crippen molar-refractivity contribution in [1.29, 1.82) is 0 Å². The van der Waals surface area contributed by atoms with Crippen LogP contribution in [-0.2, 0) is 17.6 Å². The SMILES string of the molecule is COc1ccc2nccc(CCC[C@@H]3CCN(CCCc4cccc(Cl)c4)C[C@@H]3CC(=O)O)c2c1. The van der Waals surface area contributed by atoms with Crippen LogP contribution in [0.25, 0.3) is 10.9 Å². The number of ether oxygens (including phenoxy) is 1. The number of halogens is 1. The second-order valence-corrected chi connectivity index (χ2v) is 10.1. The average molecular weight is 495 g/mol. The minimum atomic E-state index is -0.687. The van der Waals surface area contributed by atoms with Gasteiger partial charge < -0.3 is 14.7 Å². The van der Waals surface area contributed by atoms with Crippen molar-refractivity contribution in [3.63, 3.8) is 0 Å². The molecule has 5 nitrogen and oxygen atoms in total. The molecule has 4 rings (SSSR count). The second-order valence-electron chi connectivity index (χ2n) is 9.69. The first-order valence-corrected chi connectivity index (χ1v) is 13.0. The van der Waals surface area contributed by atoms with E-state index in [1.54, 1.807) is 7.11 Å². The molecule has 0 spiro atoms. The fraction of sp³-hybridized carbons (Fsp3) is 0.448. The highest BCUT2D eigenvalue weighted by molar-refractivity contribution is 6.30.